The van der Waals surface area contributed by atoms with E-state index < -0.39 is 0 Å². The minimum absolute atomic E-state index is 0.0220. The molecule has 1 aliphatic rings. The van der Waals surface area contributed by atoms with Crippen LogP contribution in [0.1, 0.15) is 12.5 Å². The van der Waals surface area contributed by atoms with Crippen LogP contribution in [0.25, 0.3) is 0 Å². The molecule has 0 aromatic heterocycles. The van der Waals surface area contributed by atoms with E-state index in [-0.39, 0.29) is 11.6 Å². The van der Waals surface area contributed by atoms with Crippen molar-refractivity contribution in [1.82, 2.24) is 10.2 Å². The van der Waals surface area contributed by atoms with Crippen molar-refractivity contribution in [3.63, 3.8) is 0 Å². The lowest BCUT2D eigenvalue weighted by Gasteiger charge is -2.18. The van der Waals surface area contributed by atoms with E-state index >= 15 is 0 Å². The highest BCUT2D eigenvalue weighted by Crippen LogP contribution is 2.18. The van der Waals surface area contributed by atoms with Gasteiger partial charge in [0.15, 0.2) is 0 Å². The van der Waals surface area contributed by atoms with Crippen LogP contribution in [0.3, 0.4) is 0 Å². The third kappa shape index (κ3) is 2.08. The predicted octanol–water partition coefficient (Wildman–Crippen LogP) is 2.16. The van der Waals surface area contributed by atoms with Crippen LogP contribution in [0.4, 0.5) is 4.79 Å². The van der Waals surface area contributed by atoms with Crippen molar-refractivity contribution in [3.8, 4) is 0 Å². The topological polar surface area (TPSA) is 32.3 Å². The number of hydrogen-bond acceptors (Lipinski definition) is 1. The SMILES string of the molecule is C=CC1(C)CN(Cc2ccccc2)C(=O)N1. The van der Waals surface area contributed by atoms with Gasteiger partial charge in [0.2, 0.25) is 0 Å². The molecule has 2 amide bonds. The Kier molecular flexibility index (Phi) is 2.69. The highest BCUT2D eigenvalue weighted by Gasteiger charge is 2.35. The summed E-state index contributed by atoms with van der Waals surface area (Å²) < 4.78 is 0. The Labute approximate surface area is 95.8 Å². The third-order valence-corrected chi connectivity index (χ3v) is 2.87. The molecule has 1 saturated heterocycles. The number of rotatable bonds is 3. The molecule has 0 aliphatic carbocycles. The van der Waals surface area contributed by atoms with Gasteiger partial charge in [-0.15, -0.1) is 6.58 Å². The zero-order valence-electron chi connectivity index (χ0n) is 9.44. The molecule has 0 spiro atoms. The summed E-state index contributed by atoms with van der Waals surface area (Å²) in [6, 6.07) is 9.97. The van der Waals surface area contributed by atoms with E-state index in [1.165, 1.54) is 0 Å². The number of amides is 2. The maximum Gasteiger partial charge on any atom is 0.318 e. The van der Waals surface area contributed by atoms with E-state index in [0.717, 1.165) is 5.56 Å². The molecule has 1 aliphatic heterocycles. The van der Waals surface area contributed by atoms with Gasteiger partial charge < -0.3 is 10.2 Å². The molecule has 3 heteroatoms. The van der Waals surface area contributed by atoms with Gasteiger partial charge in [0.25, 0.3) is 0 Å². The molecule has 0 radical (unpaired) electrons. The van der Waals surface area contributed by atoms with Gasteiger partial charge in [-0.05, 0) is 12.5 Å². The summed E-state index contributed by atoms with van der Waals surface area (Å²) in [5, 5.41) is 2.92. The monoisotopic (exact) mass is 216 g/mol. The summed E-state index contributed by atoms with van der Waals surface area (Å²) in [6.45, 7) is 7.04. The second kappa shape index (κ2) is 4.00. The fourth-order valence-electron chi connectivity index (χ4n) is 1.88. The Morgan fingerprint density at radius 2 is 2.19 bits per heavy atom. The van der Waals surface area contributed by atoms with E-state index in [0.29, 0.717) is 13.1 Å². The molecule has 1 aromatic rings. The van der Waals surface area contributed by atoms with Crippen molar-refractivity contribution in [1.29, 1.82) is 0 Å². The van der Waals surface area contributed by atoms with Crippen LogP contribution in [0.5, 0.6) is 0 Å². The number of carbonyl (C=O) groups excluding carboxylic acids is 1. The second-order valence-corrected chi connectivity index (χ2v) is 4.39. The van der Waals surface area contributed by atoms with E-state index in [1.807, 2.05) is 37.3 Å². The van der Waals surface area contributed by atoms with Gasteiger partial charge in [0.1, 0.15) is 0 Å². The molecule has 1 aromatic carbocycles. The predicted molar refractivity (Wildman–Crippen MR) is 64.0 cm³/mol. The lowest BCUT2D eigenvalue weighted by Crippen LogP contribution is -2.37. The van der Waals surface area contributed by atoms with E-state index in [9.17, 15) is 4.79 Å². The Morgan fingerprint density at radius 1 is 1.50 bits per heavy atom. The number of urea groups is 1. The molecule has 3 nitrogen and oxygen atoms in total. The van der Waals surface area contributed by atoms with Crippen LogP contribution in [0.2, 0.25) is 0 Å². The third-order valence-electron chi connectivity index (χ3n) is 2.87. The quantitative estimate of drug-likeness (QED) is 0.771. The molecule has 1 N–H and O–H groups in total. The molecular formula is C13H16N2O. The fourth-order valence-corrected chi connectivity index (χ4v) is 1.88. The Hall–Kier alpha value is -1.77. The molecule has 1 heterocycles. The zero-order valence-corrected chi connectivity index (χ0v) is 9.44. The summed E-state index contributed by atoms with van der Waals surface area (Å²) >= 11 is 0. The van der Waals surface area contributed by atoms with Gasteiger partial charge in [-0.1, -0.05) is 36.4 Å². The molecule has 1 atom stereocenters. The highest BCUT2D eigenvalue weighted by atomic mass is 16.2. The van der Waals surface area contributed by atoms with Crippen molar-refractivity contribution < 1.29 is 4.79 Å². The molecule has 0 saturated carbocycles. The minimum atomic E-state index is -0.300. The first-order valence-corrected chi connectivity index (χ1v) is 5.37. The van der Waals surface area contributed by atoms with Crippen molar-refractivity contribution in [2.75, 3.05) is 6.54 Å². The molecule has 2 rings (SSSR count). The lowest BCUT2D eigenvalue weighted by atomic mass is 10.0. The number of carbonyl (C=O) groups is 1. The van der Waals surface area contributed by atoms with Gasteiger partial charge in [0, 0.05) is 13.1 Å². The summed E-state index contributed by atoms with van der Waals surface area (Å²) in [7, 11) is 0. The van der Waals surface area contributed by atoms with E-state index in [1.54, 1.807) is 11.0 Å². The molecule has 1 unspecified atom stereocenters. The second-order valence-electron chi connectivity index (χ2n) is 4.39. The lowest BCUT2D eigenvalue weighted by molar-refractivity contribution is 0.215. The summed E-state index contributed by atoms with van der Waals surface area (Å²) in [5.74, 6) is 0. The largest absolute Gasteiger partial charge is 0.328 e. The zero-order chi connectivity index (χ0) is 11.6. The molecular weight excluding hydrogens is 200 g/mol. The first-order chi connectivity index (χ1) is 7.63. The molecule has 0 bridgehead atoms. The maximum atomic E-state index is 11.7. The van der Waals surface area contributed by atoms with Gasteiger partial charge in [-0.25, -0.2) is 4.79 Å². The van der Waals surface area contributed by atoms with Gasteiger partial charge in [0.05, 0.1) is 5.54 Å². The Bertz CT molecular complexity index is 402. The Balaban J connectivity index is 2.07. The van der Waals surface area contributed by atoms with Crippen LogP contribution in [-0.2, 0) is 6.54 Å². The summed E-state index contributed by atoms with van der Waals surface area (Å²) in [5.41, 5.74) is 0.845. The van der Waals surface area contributed by atoms with E-state index in [2.05, 4.69) is 11.9 Å². The van der Waals surface area contributed by atoms with Crippen molar-refractivity contribution in [3.05, 3.63) is 48.6 Å². The summed E-state index contributed by atoms with van der Waals surface area (Å²) in [4.78, 5) is 13.5. The van der Waals surface area contributed by atoms with Crippen LogP contribution in [0, 0.1) is 0 Å². The van der Waals surface area contributed by atoms with Crippen LogP contribution >= 0.6 is 0 Å². The number of nitrogens with one attached hydrogen (secondary N) is 1. The average molecular weight is 216 g/mol. The highest BCUT2D eigenvalue weighted by molar-refractivity contribution is 5.78. The van der Waals surface area contributed by atoms with Crippen LogP contribution in [0.15, 0.2) is 43.0 Å². The van der Waals surface area contributed by atoms with Crippen molar-refractivity contribution >= 4 is 6.03 Å². The molecule has 84 valence electrons. The molecule has 16 heavy (non-hydrogen) atoms. The summed E-state index contributed by atoms with van der Waals surface area (Å²) in [6.07, 6.45) is 1.79. The Morgan fingerprint density at radius 3 is 2.75 bits per heavy atom. The average Bonchev–Trinajstić information content (AvgIpc) is 2.57. The van der Waals surface area contributed by atoms with Crippen molar-refractivity contribution in [2.24, 2.45) is 0 Å². The van der Waals surface area contributed by atoms with Gasteiger partial charge in [-0.2, -0.15) is 0 Å². The van der Waals surface area contributed by atoms with E-state index in [4.69, 9.17) is 0 Å². The standard InChI is InChI=1S/C13H16N2O/c1-3-13(2)10-15(12(16)14-13)9-11-7-5-4-6-8-11/h3-8H,1,9-10H2,2H3,(H,14,16). The normalized spacial score (nSPS) is 24.3. The number of hydrogen-bond donors (Lipinski definition) is 1. The number of benzene rings is 1. The fraction of sp³-hybridized carbons (Fsp3) is 0.308. The van der Waals surface area contributed by atoms with Crippen molar-refractivity contribution in [2.45, 2.75) is 19.0 Å². The molecule has 1 fully saturated rings. The maximum absolute atomic E-state index is 11.7. The van der Waals surface area contributed by atoms with Gasteiger partial charge >= 0.3 is 6.03 Å². The van der Waals surface area contributed by atoms with Crippen LogP contribution in [-0.4, -0.2) is 23.0 Å². The van der Waals surface area contributed by atoms with Crippen LogP contribution < -0.4 is 5.32 Å². The smallest absolute Gasteiger partial charge is 0.318 e. The minimum Gasteiger partial charge on any atom is -0.328 e. The number of nitrogens with zero attached hydrogens (tertiary/aromatic N) is 1. The van der Waals surface area contributed by atoms with Gasteiger partial charge in [-0.3, -0.25) is 0 Å². The first kappa shape index (κ1) is 10.7. The first-order valence-electron chi connectivity index (χ1n) is 5.37.